The van der Waals surface area contributed by atoms with Crippen molar-refractivity contribution in [2.75, 3.05) is 0 Å². The zero-order chi connectivity index (χ0) is 14.2. The van der Waals surface area contributed by atoms with E-state index in [1.54, 1.807) is 24.8 Å². The molecule has 0 bridgehead atoms. The van der Waals surface area contributed by atoms with Crippen LogP contribution in [0.1, 0.15) is 0 Å². The van der Waals surface area contributed by atoms with Crippen LogP contribution in [-0.2, 0) is 0 Å². The normalized spacial score (nSPS) is 11.1. The van der Waals surface area contributed by atoms with Crippen molar-refractivity contribution in [2.24, 2.45) is 0 Å². The van der Waals surface area contributed by atoms with Gasteiger partial charge in [0.1, 0.15) is 15.0 Å². The predicted octanol–water partition coefficient (Wildman–Crippen LogP) is 2.45. The summed E-state index contributed by atoms with van der Waals surface area (Å²) in [6.45, 7) is 0. The molecule has 4 rings (SSSR count). The predicted molar refractivity (Wildman–Crippen MR) is 82.2 cm³/mol. The zero-order valence-corrected chi connectivity index (χ0v) is 12.7. The highest BCUT2D eigenvalue weighted by atomic mass is 127. The van der Waals surface area contributed by atoms with Gasteiger partial charge in [-0.05, 0) is 34.7 Å². The van der Waals surface area contributed by atoms with Crippen LogP contribution in [0.15, 0.2) is 47.6 Å². The molecule has 102 valence electrons. The number of halogens is 1. The number of nitrogens with zero attached hydrogens (tertiary/aromatic N) is 6. The van der Waals surface area contributed by atoms with E-state index in [2.05, 4.69) is 47.7 Å². The number of fused-ring (bicyclic) bond motifs is 1. The van der Waals surface area contributed by atoms with Gasteiger partial charge in [-0.3, -0.25) is 9.38 Å². The molecule has 0 spiro atoms. The Hall–Kier alpha value is -2.36. The van der Waals surface area contributed by atoms with E-state index >= 15 is 0 Å². The first-order chi connectivity index (χ1) is 10.3. The first-order valence-electron chi connectivity index (χ1n) is 6.04. The first-order valence-corrected chi connectivity index (χ1v) is 7.12. The third-order valence-corrected chi connectivity index (χ3v) is 3.73. The Kier molecular flexibility index (Phi) is 2.88. The molecule has 7 nitrogen and oxygen atoms in total. The third kappa shape index (κ3) is 2.17. The highest BCUT2D eigenvalue weighted by molar-refractivity contribution is 14.1. The lowest BCUT2D eigenvalue weighted by Crippen LogP contribution is -1.90. The minimum absolute atomic E-state index is 0.346. The molecule has 0 aromatic carbocycles. The third-order valence-electron chi connectivity index (χ3n) is 2.93. The summed E-state index contributed by atoms with van der Waals surface area (Å²) in [6.07, 6.45) is 8.49. The molecule has 21 heavy (non-hydrogen) atoms. The van der Waals surface area contributed by atoms with E-state index in [1.165, 1.54) is 0 Å². The molecule has 0 aliphatic carbocycles. The molecular formula is C13H7IN6O. The Morgan fingerprint density at radius 1 is 1.10 bits per heavy atom. The van der Waals surface area contributed by atoms with Gasteiger partial charge in [0, 0.05) is 24.2 Å². The monoisotopic (exact) mass is 390 g/mol. The quantitative estimate of drug-likeness (QED) is 0.489. The molecule has 0 saturated heterocycles. The van der Waals surface area contributed by atoms with Crippen LogP contribution < -0.4 is 0 Å². The second-order valence-electron chi connectivity index (χ2n) is 4.24. The number of pyridine rings is 1. The van der Waals surface area contributed by atoms with Gasteiger partial charge >= 0.3 is 0 Å². The molecule has 0 saturated carbocycles. The maximum atomic E-state index is 5.24. The van der Waals surface area contributed by atoms with Gasteiger partial charge in [0.15, 0.2) is 0 Å². The fraction of sp³-hybridized carbons (Fsp3) is 0. The fourth-order valence-corrected chi connectivity index (χ4v) is 2.46. The molecule has 0 aliphatic rings. The molecule has 0 radical (unpaired) electrons. The lowest BCUT2D eigenvalue weighted by Gasteiger charge is -1.98. The number of aromatic nitrogens is 6. The molecule has 4 heterocycles. The van der Waals surface area contributed by atoms with Gasteiger partial charge in [0.25, 0.3) is 5.89 Å². The van der Waals surface area contributed by atoms with Gasteiger partial charge in [0.05, 0.1) is 12.4 Å². The Bertz CT molecular complexity index is 917. The van der Waals surface area contributed by atoms with E-state index in [0.717, 1.165) is 14.9 Å². The van der Waals surface area contributed by atoms with E-state index in [-0.39, 0.29) is 0 Å². The molecule has 0 N–H and O–H groups in total. The largest absolute Gasteiger partial charge is 0.332 e. The topological polar surface area (TPSA) is 82.0 Å². The summed E-state index contributed by atoms with van der Waals surface area (Å²) in [5.41, 5.74) is 2.27. The smallest absolute Gasteiger partial charge is 0.278 e. The van der Waals surface area contributed by atoms with E-state index in [0.29, 0.717) is 17.4 Å². The molecule has 8 heteroatoms. The summed E-state index contributed by atoms with van der Waals surface area (Å²) in [5, 5.41) is 3.99. The molecule has 0 unspecified atom stereocenters. The van der Waals surface area contributed by atoms with Crippen molar-refractivity contribution in [1.82, 2.24) is 29.5 Å². The van der Waals surface area contributed by atoms with E-state index in [4.69, 9.17) is 4.52 Å². The van der Waals surface area contributed by atoms with Gasteiger partial charge in [-0.15, -0.1) is 0 Å². The van der Waals surface area contributed by atoms with Crippen LogP contribution in [0.4, 0.5) is 0 Å². The Labute approximate surface area is 132 Å². The van der Waals surface area contributed by atoms with Crippen LogP contribution in [0.25, 0.3) is 28.6 Å². The molecular weight excluding hydrogens is 383 g/mol. The van der Waals surface area contributed by atoms with Crippen LogP contribution in [-0.4, -0.2) is 29.5 Å². The summed E-state index contributed by atoms with van der Waals surface area (Å²) in [6, 6.07) is 3.82. The van der Waals surface area contributed by atoms with Crippen molar-refractivity contribution in [3.05, 3.63) is 46.8 Å². The average Bonchev–Trinajstić information content (AvgIpc) is 3.16. The maximum Gasteiger partial charge on any atom is 0.278 e. The number of imidazole rings is 1. The Balaban J connectivity index is 1.79. The molecule has 0 amide bonds. The summed E-state index contributed by atoms with van der Waals surface area (Å²) >= 11 is 2.22. The SMILES string of the molecule is Ic1cnc2ccc(-c3noc(-c4cnccn4)n3)cn12. The van der Waals surface area contributed by atoms with Crippen molar-refractivity contribution < 1.29 is 4.52 Å². The minimum atomic E-state index is 0.346. The summed E-state index contributed by atoms with van der Waals surface area (Å²) in [7, 11) is 0. The molecule has 0 fully saturated rings. The minimum Gasteiger partial charge on any atom is -0.332 e. The Morgan fingerprint density at radius 3 is 2.90 bits per heavy atom. The highest BCUT2D eigenvalue weighted by Crippen LogP contribution is 2.21. The van der Waals surface area contributed by atoms with Crippen molar-refractivity contribution in [3.63, 3.8) is 0 Å². The number of rotatable bonds is 2. The van der Waals surface area contributed by atoms with Gasteiger partial charge in [-0.2, -0.15) is 4.98 Å². The van der Waals surface area contributed by atoms with Gasteiger partial charge in [0.2, 0.25) is 5.82 Å². The van der Waals surface area contributed by atoms with Crippen molar-refractivity contribution >= 4 is 28.2 Å². The second-order valence-corrected chi connectivity index (χ2v) is 5.35. The number of hydrogen-bond acceptors (Lipinski definition) is 6. The van der Waals surface area contributed by atoms with Gasteiger partial charge in [-0.25, -0.2) is 9.97 Å². The van der Waals surface area contributed by atoms with Crippen LogP contribution >= 0.6 is 22.6 Å². The molecule has 0 atom stereocenters. The molecule has 0 aliphatic heterocycles. The van der Waals surface area contributed by atoms with Crippen LogP contribution in [0.5, 0.6) is 0 Å². The second kappa shape index (κ2) is 4.88. The molecule has 4 aromatic heterocycles. The zero-order valence-electron chi connectivity index (χ0n) is 10.5. The van der Waals surface area contributed by atoms with E-state index in [1.807, 2.05) is 22.7 Å². The van der Waals surface area contributed by atoms with Crippen molar-refractivity contribution in [2.45, 2.75) is 0 Å². The maximum absolute atomic E-state index is 5.24. The summed E-state index contributed by atoms with van der Waals surface area (Å²) in [5.74, 6) is 0.848. The van der Waals surface area contributed by atoms with Crippen LogP contribution in [0, 0.1) is 3.70 Å². The highest BCUT2D eigenvalue weighted by Gasteiger charge is 2.12. The molecule has 4 aromatic rings. The van der Waals surface area contributed by atoms with Crippen LogP contribution in [0.2, 0.25) is 0 Å². The summed E-state index contributed by atoms with van der Waals surface area (Å²) < 4.78 is 8.22. The van der Waals surface area contributed by atoms with Crippen molar-refractivity contribution in [3.8, 4) is 23.0 Å². The van der Waals surface area contributed by atoms with Gasteiger partial charge < -0.3 is 4.52 Å². The van der Waals surface area contributed by atoms with E-state index < -0.39 is 0 Å². The van der Waals surface area contributed by atoms with Crippen LogP contribution in [0.3, 0.4) is 0 Å². The van der Waals surface area contributed by atoms with E-state index in [9.17, 15) is 0 Å². The standard InChI is InChI=1S/C13H7IN6O/c14-10-6-17-11-2-1-8(7-20(10)11)12-18-13(21-19-12)9-5-15-3-4-16-9/h1-7H. The first kappa shape index (κ1) is 12.4. The number of hydrogen-bond donors (Lipinski definition) is 0. The lowest BCUT2D eigenvalue weighted by atomic mass is 10.2. The fourth-order valence-electron chi connectivity index (χ4n) is 1.94. The Morgan fingerprint density at radius 2 is 2.05 bits per heavy atom. The van der Waals surface area contributed by atoms with Crippen molar-refractivity contribution in [1.29, 1.82) is 0 Å². The van der Waals surface area contributed by atoms with Gasteiger partial charge in [-0.1, -0.05) is 5.16 Å². The average molecular weight is 390 g/mol. The lowest BCUT2D eigenvalue weighted by molar-refractivity contribution is 0.431. The summed E-state index contributed by atoms with van der Waals surface area (Å²) in [4.78, 5) is 16.8.